The van der Waals surface area contributed by atoms with Crippen LogP contribution in [0.3, 0.4) is 0 Å². The molecule has 10 heteroatoms. The van der Waals surface area contributed by atoms with Gasteiger partial charge in [-0.25, -0.2) is 4.98 Å². The number of hydrogen-bond acceptors (Lipinski definition) is 8. The molecule has 3 heterocycles. The predicted molar refractivity (Wildman–Crippen MR) is 106 cm³/mol. The summed E-state index contributed by atoms with van der Waals surface area (Å²) in [5.74, 6) is 0.811. The number of aliphatic hydroxyl groups excluding tert-OH is 1. The third kappa shape index (κ3) is 3.99. The van der Waals surface area contributed by atoms with Gasteiger partial charge < -0.3 is 30.1 Å². The number of nitrogens with zero attached hydrogens (tertiary/aromatic N) is 3. The number of rotatable bonds is 4. The van der Waals surface area contributed by atoms with Gasteiger partial charge in [0.2, 0.25) is 0 Å². The van der Waals surface area contributed by atoms with Crippen LogP contribution in [0.4, 0.5) is 5.13 Å². The Balaban J connectivity index is 1.49. The van der Waals surface area contributed by atoms with E-state index in [1.807, 2.05) is 0 Å². The minimum Gasteiger partial charge on any atom is -0.486 e. The number of carbonyl (C=O) groups excluding carboxylic acids is 2. The quantitative estimate of drug-likeness (QED) is 0.755. The smallest absolute Gasteiger partial charge is 0.273 e. The number of benzene rings is 1. The second kappa shape index (κ2) is 8.26. The highest BCUT2D eigenvalue weighted by atomic mass is 32.1. The Bertz CT molecular complexity index is 918. The number of anilines is 1. The molecule has 1 fully saturated rings. The first-order valence-corrected chi connectivity index (χ1v) is 10.3. The van der Waals surface area contributed by atoms with Crippen LogP contribution in [0.1, 0.15) is 27.3 Å². The molecule has 0 saturated carbocycles. The van der Waals surface area contributed by atoms with Gasteiger partial charge in [0, 0.05) is 37.2 Å². The van der Waals surface area contributed by atoms with Gasteiger partial charge in [0.05, 0.1) is 6.04 Å². The summed E-state index contributed by atoms with van der Waals surface area (Å²) in [7, 11) is 0. The molecule has 154 valence electrons. The van der Waals surface area contributed by atoms with Gasteiger partial charge >= 0.3 is 0 Å². The van der Waals surface area contributed by atoms with E-state index in [1.54, 1.807) is 33.4 Å². The van der Waals surface area contributed by atoms with E-state index >= 15 is 0 Å². The van der Waals surface area contributed by atoms with E-state index in [-0.39, 0.29) is 24.5 Å². The van der Waals surface area contributed by atoms with Crippen molar-refractivity contribution in [1.29, 1.82) is 0 Å². The fourth-order valence-electron chi connectivity index (χ4n) is 3.60. The van der Waals surface area contributed by atoms with Crippen LogP contribution in [0.15, 0.2) is 23.6 Å². The van der Waals surface area contributed by atoms with Crippen LogP contribution >= 0.6 is 11.3 Å². The molecule has 3 N–H and O–H groups in total. The molecule has 2 aromatic rings. The molecule has 2 aliphatic heterocycles. The summed E-state index contributed by atoms with van der Waals surface area (Å²) < 4.78 is 11.1. The maximum absolute atomic E-state index is 13.0. The molecule has 9 nitrogen and oxygen atoms in total. The van der Waals surface area contributed by atoms with Crippen molar-refractivity contribution >= 4 is 28.3 Å². The summed E-state index contributed by atoms with van der Waals surface area (Å²) in [5, 5.41) is 11.4. The van der Waals surface area contributed by atoms with Crippen LogP contribution in [0.25, 0.3) is 0 Å². The Labute approximate surface area is 171 Å². The average molecular weight is 418 g/mol. The largest absolute Gasteiger partial charge is 0.486 e. The van der Waals surface area contributed by atoms with E-state index in [4.69, 9.17) is 15.2 Å². The third-order valence-corrected chi connectivity index (χ3v) is 5.70. The number of fused-ring (bicyclic) bond motifs is 1. The van der Waals surface area contributed by atoms with E-state index < -0.39 is 0 Å². The zero-order valence-electron chi connectivity index (χ0n) is 15.7. The lowest BCUT2D eigenvalue weighted by Crippen LogP contribution is -2.56. The minimum atomic E-state index is -0.301. The van der Waals surface area contributed by atoms with Gasteiger partial charge in [-0.15, -0.1) is 11.3 Å². The van der Waals surface area contributed by atoms with Crippen molar-refractivity contribution in [2.75, 3.05) is 45.2 Å². The first-order valence-electron chi connectivity index (χ1n) is 9.38. The zero-order valence-corrected chi connectivity index (χ0v) is 16.6. The van der Waals surface area contributed by atoms with Gasteiger partial charge in [-0.2, -0.15) is 0 Å². The molecule has 0 aliphatic carbocycles. The van der Waals surface area contributed by atoms with Crippen LogP contribution in [-0.4, -0.2) is 77.2 Å². The first kappa shape index (κ1) is 19.5. The standard InChI is InChI=1S/C19H22N4O5S/c20-19-21-14(11-29-19)18(26)23-5-4-22(10-13(23)3-6-24)17(25)12-1-2-15-16(9-12)28-8-7-27-15/h1-2,9,11,13,24H,3-8,10H2,(H2,20,21). The molecule has 29 heavy (non-hydrogen) atoms. The lowest BCUT2D eigenvalue weighted by atomic mass is 10.1. The summed E-state index contributed by atoms with van der Waals surface area (Å²) in [6.07, 6.45) is 0.371. The number of ether oxygens (including phenoxy) is 2. The number of thiazole rings is 1. The maximum Gasteiger partial charge on any atom is 0.273 e. The summed E-state index contributed by atoms with van der Waals surface area (Å²) in [6, 6.07) is 4.84. The SMILES string of the molecule is Nc1nc(C(=O)N2CCN(C(=O)c3ccc4c(c3)OCCO4)CC2CCO)cs1. The van der Waals surface area contributed by atoms with Crippen LogP contribution < -0.4 is 15.2 Å². The molecule has 0 bridgehead atoms. The Kier molecular flexibility index (Phi) is 5.54. The average Bonchev–Trinajstić information content (AvgIpc) is 3.19. The molecule has 0 spiro atoms. The topological polar surface area (TPSA) is 118 Å². The highest BCUT2D eigenvalue weighted by Gasteiger charge is 2.34. The van der Waals surface area contributed by atoms with Crippen molar-refractivity contribution in [3.8, 4) is 11.5 Å². The lowest BCUT2D eigenvalue weighted by molar-refractivity contribution is 0.0338. The van der Waals surface area contributed by atoms with Gasteiger partial charge in [-0.1, -0.05) is 0 Å². The van der Waals surface area contributed by atoms with Gasteiger partial charge in [-0.3, -0.25) is 9.59 Å². The monoisotopic (exact) mass is 418 g/mol. The van der Waals surface area contributed by atoms with Gasteiger partial charge in [0.15, 0.2) is 16.6 Å². The van der Waals surface area contributed by atoms with Crippen molar-refractivity contribution in [2.45, 2.75) is 12.5 Å². The van der Waals surface area contributed by atoms with Crippen LogP contribution in [0.5, 0.6) is 11.5 Å². The van der Waals surface area contributed by atoms with Crippen LogP contribution in [0.2, 0.25) is 0 Å². The zero-order chi connectivity index (χ0) is 20.4. The van der Waals surface area contributed by atoms with Gasteiger partial charge in [-0.05, 0) is 24.6 Å². The Hall–Kier alpha value is -2.85. The first-order chi connectivity index (χ1) is 14.1. The van der Waals surface area contributed by atoms with E-state index in [0.29, 0.717) is 67.2 Å². The third-order valence-electron chi connectivity index (χ3n) is 5.02. The summed E-state index contributed by atoms with van der Waals surface area (Å²) in [6.45, 7) is 1.94. The van der Waals surface area contributed by atoms with E-state index in [1.165, 1.54) is 11.3 Å². The molecule has 1 saturated heterocycles. The van der Waals surface area contributed by atoms with Crippen molar-refractivity contribution in [3.63, 3.8) is 0 Å². The number of hydrogen-bond donors (Lipinski definition) is 2. The molecule has 1 unspecified atom stereocenters. The van der Waals surface area contributed by atoms with Gasteiger partial charge in [0.1, 0.15) is 18.9 Å². The Morgan fingerprint density at radius 3 is 2.72 bits per heavy atom. The number of amides is 2. The Morgan fingerprint density at radius 2 is 2.00 bits per heavy atom. The highest BCUT2D eigenvalue weighted by molar-refractivity contribution is 7.13. The molecule has 0 radical (unpaired) electrons. The lowest BCUT2D eigenvalue weighted by Gasteiger charge is -2.41. The molecule has 1 aromatic heterocycles. The fraction of sp³-hybridized carbons (Fsp3) is 0.421. The molecular formula is C19H22N4O5S. The van der Waals surface area contributed by atoms with Crippen molar-refractivity contribution in [3.05, 3.63) is 34.8 Å². The number of carbonyl (C=O) groups is 2. The number of aromatic nitrogens is 1. The molecule has 4 rings (SSSR count). The van der Waals surface area contributed by atoms with E-state index in [0.717, 1.165) is 0 Å². The fourth-order valence-corrected chi connectivity index (χ4v) is 4.13. The highest BCUT2D eigenvalue weighted by Crippen LogP contribution is 2.31. The number of aliphatic hydroxyl groups is 1. The summed E-state index contributed by atoms with van der Waals surface area (Å²) >= 11 is 1.21. The summed E-state index contributed by atoms with van der Waals surface area (Å²) in [5.41, 5.74) is 6.44. The van der Waals surface area contributed by atoms with Crippen molar-refractivity contribution in [1.82, 2.24) is 14.8 Å². The number of nitrogen functional groups attached to an aromatic ring is 1. The molecular weight excluding hydrogens is 396 g/mol. The molecule has 1 aromatic carbocycles. The van der Waals surface area contributed by atoms with Crippen LogP contribution in [0, 0.1) is 0 Å². The second-order valence-corrected chi connectivity index (χ2v) is 7.73. The predicted octanol–water partition coefficient (Wildman–Crippen LogP) is 0.846. The molecule has 2 aliphatic rings. The summed E-state index contributed by atoms with van der Waals surface area (Å²) in [4.78, 5) is 33.2. The number of piperazine rings is 1. The van der Waals surface area contributed by atoms with Crippen molar-refractivity contribution < 1.29 is 24.2 Å². The van der Waals surface area contributed by atoms with E-state index in [2.05, 4.69) is 4.98 Å². The van der Waals surface area contributed by atoms with Crippen molar-refractivity contribution in [2.24, 2.45) is 0 Å². The normalized spacial score (nSPS) is 18.6. The van der Waals surface area contributed by atoms with Gasteiger partial charge in [0.25, 0.3) is 11.8 Å². The van der Waals surface area contributed by atoms with E-state index in [9.17, 15) is 14.7 Å². The van der Waals surface area contributed by atoms with Crippen LogP contribution in [-0.2, 0) is 0 Å². The minimum absolute atomic E-state index is 0.0836. The second-order valence-electron chi connectivity index (χ2n) is 6.85. The molecule has 1 atom stereocenters. The molecule has 2 amide bonds. The Morgan fingerprint density at radius 1 is 1.21 bits per heavy atom. The maximum atomic E-state index is 13.0. The number of nitrogens with two attached hydrogens (primary N) is 1.